The number of ether oxygens (including phenoxy) is 1. The molecule has 0 aromatic carbocycles. The standard InChI is InChI=1S/C41H54BF2N5O9S2/c1-29-25-31(47-34(29)27-35-30(11-8-21-49(2,3)4)26-36(38-15-10-24-59-38)48(35)42(47,43)44)16-17-39(52)45-33(28-60(55,56)57)37(51)14-7-5-6-12-32(50)13-9-22-58-23-20-46-40(53)18-19-41(46)54/h10,15,18-19,24-27,33H,5-9,11-14,16-17,20-23,28H2,1-4H3,(H-,45,52,55,56,57)/p+1. The molecule has 326 valence electrons. The number of aromatic nitrogens is 1. The maximum atomic E-state index is 16.9. The predicted octanol–water partition coefficient (Wildman–Crippen LogP) is 4.48. The average molecular weight is 875 g/mol. The van der Waals surface area contributed by atoms with Gasteiger partial charge in [-0.15, -0.1) is 11.3 Å². The molecule has 3 aliphatic rings. The van der Waals surface area contributed by atoms with Gasteiger partial charge >= 0.3 is 6.97 Å². The van der Waals surface area contributed by atoms with Crippen molar-refractivity contribution in [2.45, 2.75) is 83.6 Å². The van der Waals surface area contributed by atoms with Crippen LogP contribution in [0.1, 0.15) is 86.0 Å². The molecule has 3 amide bonds. The SMILES string of the molecule is Cc1cc(CCC(=O)NC(CS(=O)(=O)O)C(=O)CCCCCC(=O)CCCOCCN2C(=O)C=CC2=O)n2c1C=C1C(CCC[N+](C)(C)C)=CC(c3cccs3)=[N+]1[B-]2(F)F. The van der Waals surface area contributed by atoms with E-state index in [9.17, 15) is 36.9 Å². The molecule has 2 aromatic rings. The Labute approximate surface area is 354 Å². The van der Waals surface area contributed by atoms with Crippen LogP contribution in [0.4, 0.5) is 8.63 Å². The minimum absolute atomic E-state index is 0.000569. The number of carbonyl (C=O) groups excluding carboxylic acids is 5. The zero-order valence-corrected chi connectivity index (χ0v) is 36.3. The molecule has 14 nitrogen and oxygen atoms in total. The third-order valence-corrected chi connectivity index (χ3v) is 12.3. The third-order valence-electron chi connectivity index (χ3n) is 10.7. The van der Waals surface area contributed by atoms with Gasteiger partial charge < -0.3 is 32.1 Å². The van der Waals surface area contributed by atoms with E-state index in [0.29, 0.717) is 59.6 Å². The Morgan fingerprint density at radius 2 is 1.67 bits per heavy atom. The van der Waals surface area contributed by atoms with Crippen LogP contribution in [0.5, 0.6) is 0 Å². The molecule has 5 rings (SSSR count). The zero-order chi connectivity index (χ0) is 43.8. The largest absolute Gasteiger partial charge is 0.737 e. The van der Waals surface area contributed by atoms with E-state index in [4.69, 9.17) is 4.74 Å². The van der Waals surface area contributed by atoms with E-state index in [1.807, 2.05) is 23.6 Å². The number of imide groups is 1. The van der Waals surface area contributed by atoms with Crippen LogP contribution in [0, 0.1) is 6.92 Å². The summed E-state index contributed by atoms with van der Waals surface area (Å²) >= 11 is 1.38. The van der Waals surface area contributed by atoms with Crippen LogP contribution in [-0.4, -0.2) is 133 Å². The number of amides is 3. The summed E-state index contributed by atoms with van der Waals surface area (Å²) in [5.74, 6) is -3.15. The van der Waals surface area contributed by atoms with Gasteiger partial charge in [-0.3, -0.25) is 33.4 Å². The minimum atomic E-state index is -4.67. The first-order valence-electron chi connectivity index (χ1n) is 20.3. The Balaban J connectivity index is 1.12. The molecule has 0 saturated heterocycles. The number of rotatable bonds is 25. The lowest BCUT2D eigenvalue weighted by atomic mass is 9.88. The number of fused-ring (bicyclic) bond motifs is 2. The summed E-state index contributed by atoms with van der Waals surface area (Å²) in [6.07, 6.45) is 9.20. The Hall–Kier alpha value is -4.43. The highest BCUT2D eigenvalue weighted by atomic mass is 32.2. The molecule has 5 heterocycles. The lowest BCUT2D eigenvalue weighted by molar-refractivity contribution is -0.870. The highest BCUT2D eigenvalue weighted by molar-refractivity contribution is 7.85. The quantitative estimate of drug-likeness (QED) is 0.0480. The van der Waals surface area contributed by atoms with Gasteiger partial charge in [0.05, 0.1) is 45.7 Å². The van der Waals surface area contributed by atoms with Gasteiger partial charge in [-0.25, -0.2) is 0 Å². The number of halogens is 2. The van der Waals surface area contributed by atoms with Crippen LogP contribution >= 0.6 is 11.3 Å². The van der Waals surface area contributed by atoms with Gasteiger partial charge in [-0.1, -0.05) is 12.5 Å². The molecule has 60 heavy (non-hydrogen) atoms. The molecule has 1 unspecified atom stereocenters. The first-order chi connectivity index (χ1) is 28.2. The monoisotopic (exact) mass is 874 g/mol. The fraction of sp³-hybridized carbons (Fsp3) is 0.512. The molecule has 0 fully saturated rings. The van der Waals surface area contributed by atoms with Gasteiger partial charge in [0.25, 0.3) is 21.9 Å². The van der Waals surface area contributed by atoms with Crippen molar-refractivity contribution in [1.82, 2.24) is 14.7 Å². The molecule has 19 heteroatoms. The number of ketones is 2. The van der Waals surface area contributed by atoms with Crippen molar-refractivity contribution in [1.29, 1.82) is 0 Å². The second kappa shape index (κ2) is 20.0. The lowest BCUT2D eigenvalue weighted by Crippen LogP contribution is -2.51. The summed E-state index contributed by atoms with van der Waals surface area (Å²) in [5.41, 5.74) is 2.90. The van der Waals surface area contributed by atoms with Crippen molar-refractivity contribution in [3.05, 3.63) is 74.9 Å². The summed E-state index contributed by atoms with van der Waals surface area (Å²) in [5, 5.41) is 4.25. The van der Waals surface area contributed by atoms with Crippen molar-refractivity contribution in [3.63, 3.8) is 0 Å². The zero-order valence-electron chi connectivity index (χ0n) is 34.7. The fourth-order valence-corrected chi connectivity index (χ4v) is 9.12. The number of allylic oxidation sites excluding steroid dienone is 2. The Morgan fingerprint density at radius 3 is 2.33 bits per heavy atom. The highest BCUT2D eigenvalue weighted by Gasteiger charge is 2.54. The van der Waals surface area contributed by atoms with Gasteiger partial charge in [0.1, 0.15) is 17.6 Å². The predicted molar refractivity (Wildman–Crippen MR) is 225 cm³/mol. The van der Waals surface area contributed by atoms with Crippen molar-refractivity contribution in [2.75, 3.05) is 53.2 Å². The summed E-state index contributed by atoms with van der Waals surface area (Å²) in [7, 11) is 1.60. The van der Waals surface area contributed by atoms with Crippen molar-refractivity contribution in [2.24, 2.45) is 0 Å². The molecule has 0 saturated carbocycles. The molecular formula is C41H55BF2N5O9S2+. The van der Waals surface area contributed by atoms with Crippen LogP contribution in [0.25, 0.3) is 6.08 Å². The van der Waals surface area contributed by atoms with E-state index in [-0.39, 0.29) is 75.2 Å². The summed E-state index contributed by atoms with van der Waals surface area (Å²) in [4.78, 5) is 63.5. The molecule has 0 radical (unpaired) electrons. The maximum Gasteiger partial charge on any atom is 0.737 e. The second-order valence-corrected chi connectivity index (χ2v) is 19.0. The number of carbonyl (C=O) groups is 5. The number of nitrogens with one attached hydrogen (secondary N) is 1. The lowest BCUT2D eigenvalue weighted by Gasteiger charge is -2.31. The smallest absolute Gasteiger partial charge is 0.394 e. The molecule has 3 aliphatic heterocycles. The maximum absolute atomic E-state index is 16.9. The van der Waals surface area contributed by atoms with Crippen molar-refractivity contribution >= 4 is 69.5 Å². The van der Waals surface area contributed by atoms with Gasteiger partial charge in [-0.05, 0) is 67.8 Å². The van der Waals surface area contributed by atoms with Gasteiger partial charge in [-0.2, -0.15) is 8.42 Å². The van der Waals surface area contributed by atoms with E-state index in [0.717, 1.165) is 36.9 Å². The summed E-state index contributed by atoms with van der Waals surface area (Å²) in [6.45, 7) is -1.20. The summed E-state index contributed by atoms with van der Waals surface area (Å²) < 4.78 is 75.4. The van der Waals surface area contributed by atoms with Crippen LogP contribution in [0.3, 0.4) is 0 Å². The van der Waals surface area contributed by atoms with Gasteiger partial charge in [0.15, 0.2) is 17.2 Å². The molecule has 0 aliphatic carbocycles. The average Bonchev–Trinajstić information content (AvgIpc) is 3.95. The van der Waals surface area contributed by atoms with Crippen LogP contribution in [0.15, 0.2) is 53.1 Å². The molecule has 1 atom stereocenters. The minimum Gasteiger partial charge on any atom is -0.394 e. The van der Waals surface area contributed by atoms with Crippen LogP contribution in [0.2, 0.25) is 0 Å². The second-order valence-electron chi connectivity index (χ2n) is 16.5. The van der Waals surface area contributed by atoms with Gasteiger partial charge in [0, 0.05) is 74.3 Å². The number of thiophene rings is 1. The number of nitrogens with zero attached hydrogens (tertiary/aromatic N) is 4. The highest BCUT2D eigenvalue weighted by Crippen LogP contribution is 2.40. The first-order valence-corrected chi connectivity index (χ1v) is 22.8. The van der Waals surface area contributed by atoms with Crippen molar-refractivity contribution < 1.29 is 59.3 Å². The first kappa shape index (κ1) is 46.6. The van der Waals surface area contributed by atoms with Crippen molar-refractivity contribution in [3.8, 4) is 0 Å². The Bertz CT molecular complexity index is 2190. The number of hydrogen-bond donors (Lipinski definition) is 2. The number of hydrogen-bond acceptors (Lipinski definition) is 9. The van der Waals surface area contributed by atoms with E-state index in [1.54, 1.807) is 19.1 Å². The topological polar surface area (TPSA) is 172 Å². The van der Waals surface area contributed by atoms with Crippen LogP contribution < -0.4 is 5.32 Å². The fourth-order valence-electron chi connectivity index (χ4n) is 7.69. The molecule has 0 bridgehead atoms. The molecule has 0 spiro atoms. The molecule has 2 aromatic heterocycles. The third kappa shape index (κ3) is 12.3. The van der Waals surface area contributed by atoms with E-state index < -0.39 is 40.6 Å². The van der Waals surface area contributed by atoms with E-state index in [2.05, 4.69) is 26.5 Å². The molecule has 2 N–H and O–H groups in total. The Kier molecular flexibility index (Phi) is 15.5. The summed E-state index contributed by atoms with van der Waals surface area (Å²) in [6, 6.07) is 3.73. The number of unbranched alkanes of at least 4 members (excludes halogenated alkanes) is 2. The van der Waals surface area contributed by atoms with E-state index >= 15 is 8.63 Å². The number of aryl methyl sites for hydroxylation is 2. The molecular weight excluding hydrogens is 819 g/mol. The van der Waals surface area contributed by atoms with Gasteiger partial charge in [0.2, 0.25) is 5.91 Å². The van der Waals surface area contributed by atoms with Crippen LogP contribution in [-0.2, 0) is 45.2 Å². The normalized spacial score (nSPS) is 16.6. The Morgan fingerprint density at radius 1 is 0.967 bits per heavy atom. The number of quaternary nitrogens is 1. The number of Topliss-reactive ketones (excluding diaryl/α,β-unsaturated/α-hetero) is 2. The van der Waals surface area contributed by atoms with E-state index in [1.165, 1.54) is 23.5 Å².